The number of nitrogens with zero attached hydrogens (tertiary/aromatic N) is 1. The number of benzene rings is 1. The predicted octanol–water partition coefficient (Wildman–Crippen LogP) is 3.35. The molecule has 2 rings (SSSR count). The van der Waals surface area contributed by atoms with E-state index in [9.17, 15) is 9.90 Å². The highest BCUT2D eigenvalue weighted by atomic mass is 35.5. The van der Waals surface area contributed by atoms with E-state index in [1.54, 1.807) is 29.2 Å². The van der Waals surface area contributed by atoms with E-state index in [0.717, 1.165) is 4.88 Å². The quantitative estimate of drug-likeness (QED) is 0.672. The van der Waals surface area contributed by atoms with Gasteiger partial charge in [-0.1, -0.05) is 17.7 Å². The van der Waals surface area contributed by atoms with Gasteiger partial charge in [0.25, 0.3) is 5.91 Å². The van der Waals surface area contributed by atoms with Crippen LogP contribution in [0.1, 0.15) is 22.2 Å². The molecule has 20 heavy (non-hydrogen) atoms. The van der Waals surface area contributed by atoms with Crippen molar-refractivity contribution in [3.05, 3.63) is 45.1 Å². The Morgan fingerprint density at radius 2 is 2.15 bits per heavy atom. The molecule has 0 saturated carbocycles. The third-order valence-corrected chi connectivity index (χ3v) is 4.16. The Morgan fingerprint density at radius 1 is 1.40 bits per heavy atom. The molecular weight excluding hydrogens is 296 g/mol. The number of amides is 1. The number of hydrogen-bond donors (Lipinski definition) is 2. The summed E-state index contributed by atoms with van der Waals surface area (Å²) < 4.78 is 0.690. The maximum absolute atomic E-state index is 12.4. The number of para-hydroxylation sites is 1. The zero-order chi connectivity index (χ0) is 14.7. The first kappa shape index (κ1) is 14.7. The molecule has 1 heterocycles. The molecule has 6 heteroatoms. The fraction of sp³-hybridized carbons (Fsp3) is 0.214. The minimum atomic E-state index is -0.248. The van der Waals surface area contributed by atoms with Crippen LogP contribution in [0, 0.1) is 0 Å². The Kier molecular flexibility index (Phi) is 4.52. The van der Waals surface area contributed by atoms with E-state index >= 15 is 0 Å². The van der Waals surface area contributed by atoms with Gasteiger partial charge in [0.15, 0.2) is 5.75 Å². The molecule has 0 unspecified atom stereocenters. The van der Waals surface area contributed by atoms with Crippen molar-refractivity contribution >= 4 is 34.5 Å². The topological polar surface area (TPSA) is 66.6 Å². The normalized spacial score (nSPS) is 10.5. The van der Waals surface area contributed by atoms with Crippen LogP contribution in [-0.2, 0) is 6.54 Å². The summed E-state index contributed by atoms with van der Waals surface area (Å²) in [6, 6.07) is 8.47. The molecule has 0 aliphatic heterocycles. The number of anilines is 1. The van der Waals surface area contributed by atoms with E-state index in [1.165, 1.54) is 11.3 Å². The van der Waals surface area contributed by atoms with Crippen LogP contribution >= 0.6 is 22.9 Å². The molecule has 0 atom stereocenters. The average Bonchev–Trinajstić information content (AvgIpc) is 2.84. The first-order valence-electron chi connectivity index (χ1n) is 6.14. The van der Waals surface area contributed by atoms with Crippen molar-refractivity contribution in [3.63, 3.8) is 0 Å². The summed E-state index contributed by atoms with van der Waals surface area (Å²) in [5, 5.41) is 9.89. The Bertz CT molecular complexity index is 627. The Balaban J connectivity index is 2.23. The van der Waals surface area contributed by atoms with Gasteiger partial charge in [0.1, 0.15) is 0 Å². The van der Waals surface area contributed by atoms with Gasteiger partial charge in [-0.2, -0.15) is 0 Å². The van der Waals surface area contributed by atoms with Gasteiger partial charge in [0.05, 0.1) is 22.1 Å². The summed E-state index contributed by atoms with van der Waals surface area (Å²) >= 11 is 7.32. The van der Waals surface area contributed by atoms with Crippen LogP contribution in [0.4, 0.5) is 5.69 Å². The summed E-state index contributed by atoms with van der Waals surface area (Å²) in [4.78, 5) is 15.1. The molecule has 0 aliphatic carbocycles. The van der Waals surface area contributed by atoms with Gasteiger partial charge in [-0.05, 0) is 31.2 Å². The first-order chi connectivity index (χ1) is 9.52. The van der Waals surface area contributed by atoms with Gasteiger partial charge in [-0.15, -0.1) is 11.3 Å². The zero-order valence-corrected chi connectivity index (χ0v) is 12.5. The zero-order valence-electron chi connectivity index (χ0n) is 11.0. The van der Waals surface area contributed by atoms with Gasteiger partial charge < -0.3 is 15.7 Å². The molecule has 4 nitrogen and oxygen atoms in total. The van der Waals surface area contributed by atoms with Gasteiger partial charge in [-0.3, -0.25) is 4.79 Å². The van der Waals surface area contributed by atoms with E-state index < -0.39 is 0 Å². The van der Waals surface area contributed by atoms with Crippen molar-refractivity contribution in [2.75, 3.05) is 12.3 Å². The maximum atomic E-state index is 12.4. The van der Waals surface area contributed by atoms with Crippen LogP contribution < -0.4 is 5.73 Å². The number of rotatable bonds is 4. The molecule has 0 radical (unpaired) electrons. The van der Waals surface area contributed by atoms with Crippen molar-refractivity contribution in [2.45, 2.75) is 13.5 Å². The first-order valence-corrected chi connectivity index (χ1v) is 7.33. The van der Waals surface area contributed by atoms with Crippen molar-refractivity contribution < 1.29 is 9.90 Å². The molecule has 2 aromatic rings. The fourth-order valence-corrected chi connectivity index (χ4v) is 2.96. The van der Waals surface area contributed by atoms with Crippen LogP contribution in [0.15, 0.2) is 30.3 Å². The number of hydrogen-bond acceptors (Lipinski definition) is 4. The number of thiophene rings is 1. The Hall–Kier alpha value is -1.72. The highest BCUT2D eigenvalue weighted by Crippen LogP contribution is 2.27. The number of phenolic OH excluding ortho intramolecular Hbond substituents is 1. The summed E-state index contributed by atoms with van der Waals surface area (Å²) in [5.74, 6) is -0.415. The molecule has 1 amide bonds. The lowest BCUT2D eigenvalue weighted by Gasteiger charge is -2.21. The summed E-state index contributed by atoms with van der Waals surface area (Å²) in [6.07, 6.45) is 0. The molecule has 3 N–H and O–H groups in total. The molecule has 0 spiro atoms. The lowest BCUT2D eigenvalue weighted by molar-refractivity contribution is 0.0751. The molecule has 106 valence electrons. The SMILES string of the molecule is CCN(Cc1ccc(Cl)s1)C(=O)c1cccc(N)c1O. The molecular formula is C14H15ClN2O2S. The maximum Gasteiger partial charge on any atom is 0.258 e. The van der Waals surface area contributed by atoms with Crippen LogP contribution in [0.25, 0.3) is 0 Å². The molecule has 0 fully saturated rings. The number of carbonyl (C=O) groups is 1. The van der Waals surface area contributed by atoms with Crippen molar-refractivity contribution in [2.24, 2.45) is 0 Å². The Labute approximate surface area is 126 Å². The lowest BCUT2D eigenvalue weighted by atomic mass is 10.1. The molecule has 1 aromatic heterocycles. The van der Waals surface area contributed by atoms with E-state index in [2.05, 4.69) is 0 Å². The number of phenols is 1. The van der Waals surface area contributed by atoms with Crippen LogP contribution in [0.3, 0.4) is 0 Å². The number of halogens is 1. The number of carbonyl (C=O) groups excluding carboxylic acids is 1. The Morgan fingerprint density at radius 3 is 2.75 bits per heavy atom. The highest BCUT2D eigenvalue weighted by Gasteiger charge is 2.19. The van der Waals surface area contributed by atoms with E-state index in [4.69, 9.17) is 17.3 Å². The fourth-order valence-electron chi connectivity index (χ4n) is 1.86. The second-order valence-corrected chi connectivity index (χ2v) is 6.07. The predicted molar refractivity (Wildman–Crippen MR) is 82.3 cm³/mol. The molecule has 1 aromatic carbocycles. The number of nitrogen functional groups attached to an aromatic ring is 1. The van der Waals surface area contributed by atoms with Crippen LogP contribution in [0.2, 0.25) is 4.34 Å². The van der Waals surface area contributed by atoms with E-state index in [1.807, 2.05) is 13.0 Å². The summed E-state index contributed by atoms with van der Waals surface area (Å²) in [5.41, 5.74) is 6.04. The minimum Gasteiger partial charge on any atom is -0.505 e. The van der Waals surface area contributed by atoms with E-state index in [0.29, 0.717) is 17.4 Å². The average molecular weight is 311 g/mol. The van der Waals surface area contributed by atoms with E-state index in [-0.39, 0.29) is 22.9 Å². The van der Waals surface area contributed by atoms with Gasteiger partial charge >= 0.3 is 0 Å². The third kappa shape index (κ3) is 3.05. The van der Waals surface area contributed by atoms with Gasteiger partial charge in [0, 0.05) is 11.4 Å². The van der Waals surface area contributed by atoms with Gasteiger partial charge in [0.2, 0.25) is 0 Å². The molecule has 0 aliphatic rings. The minimum absolute atomic E-state index is 0.167. The monoisotopic (exact) mass is 310 g/mol. The van der Waals surface area contributed by atoms with Crippen molar-refractivity contribution in [1.29, 1.82) is 0 Å². The summed E-state index contributed by atoms with van der Waals surface area (Å²) in [7, 11) is 0. The highest BCUT2D eigenvalue weighted by molar-refractivity contribution is 7.16. The van der Waals surface area contributed by atoms with Crippen LogP contribution in [0.5, 0.6) is 5.75 Å². The second-order valence-electron chi connectivity index (χ2n) is 4.27. The molecule has 0 bridgehead atoms. The molecule has 0 saturated heterocycles. The summed E-state index contributed by atoms with van der Waals surface area (Å²) in [6.45, 7) is 2.88. The van der Waals surface area contributed by atoms with Crippen molar-refractivity contribution in [1.82, 2.24) is 4.90 Å². The third-order valence-electron chi connectivity index (χ3n) is 2.94. The largest absolute Gasteiger partial charge is 0.505 e. The lowest BCUT2D eigenvalue weighted by Crippen LogP contribution is -2.30. The van der Waals surface area contributed by atoms with Crippen LogP contribution in [-0.4, -0.2) is 22.5 Å². The number of aromatic hydroxyl groups is 1. The second kappa shape index (κ2) is 6.15. The smallest absolute Gasteiger partial charge is 0.258 e. The van der Waals surface area contributed by atoms with Gasteiger partial charge in [-0.25, -0.2) is 0 Å². The standard InChI is InChI=1S/C14H15ClN2O2S/c1-2-17(8-9-6-7-12(15)20-9)14(19)10-4-3-5-11(16)13(10)18/h3-7,18H,2,8,16H2,1H3. The number of nitrogens with two attached hydrogens (primary N) is 1. The van der Waals surface area contributed by atoms with Crippen molar-refractivity contribution in [3.8, 4) is 5.75 Å².